The average Bonchev–Trinajstić information content (AvgIpc) is 3.49. The molecule has 0 radical (unpaired) electrons. The number of fused-ring (bicyclic) bond motifs is 3. The first kappa shape index (κ1) is 33.0. The lowest BCUT2D eigenvalue weighted by Crippen LogP contribution is -2.29. The van der Waals surface area contributed by atoms with Crippen molar-refractivity contribution in [3.63, 3.8) is 0 Å². The molecule has 0 heterocycles. The number of hydrogen-bond donors (Lipinski definition) is 0. The molecule has 0 unspecified atom stereocenters. The van der Waals surface area contributed by atoms with Crippen molar-refractivity contribution < 1.29 is 0 Å². The minimum Gasteiger partial charge on any atom is -0.314 e. The Labute approximate surface area is 308 Å². The molecule has 0 aliphatic heterocycles. The molecule has 0 saturated carbocycles. The number of nitrogens with zero attached hydrogens (tertiary/aromatic N) is 1. The van der Waals surface area contributed by atoms with E-state index in [9.17, 15) is 0 Å². The number of aryl methyl sites for hydroxylation is 2. The van der Waals surface area contributed by atoms with E-state index >= 15 is 0 Å². The van der Waals surface area contributed by atoms with Gasteiger partial charge in [0, 0.05) is 16.9 Å². The molecule has 1 aliphatic carbocycles. The van der Waals surface area contributed by atoms with Gasteiger partial charge >= 0.3 is 0 Å². The number of benzene rings is 7. The van der Waals surface area contributed by atoms with Crippen LogP contribution in [0, 0.1) is 13.8 Å². The Morgan fingerprint density at radius 2 is 1.02 bits per heavy atom. The van der Waals surface area contributed by atoms with Crippen LogP contribution in [0.1, 0.15) is 52.8 Å². The van der Waals surface area contributed by atoms with Crippen LogP contribution in [0.5, 0.6) is 0 Å². The van der Waals surface area contributed by atoms with E-state index in [0.717, 1.165) is 17.1 Å². The van der Waals surface area contributed by atoms with Crippen molar-refractivity contribution in [1.29, 1.82) is 0 Å². The standard InChI is InChI=1S/C51H43N/c1-36-23-29-42(30-24-36)51(43-31-25-37(2)26-32-43)48-21-13-11-20-46(48)47-34-33-44(35-49(47)51)52(39(4)28-27-38(3)40-15-7-5-8-16-40)50-22-14-12-19-45(50)41-17-9-6-10-18-41/h5-35H,1-4H3. The molecular weight excluding hydrogens is 627 g/mol. The lowest BCUT2D eigenvalue weighted by atomic mass is 9.67. The first-order valence-electron chi connectivity index (χ1n) is 18.2. The maximum absolute atomic E-state index is 2.46. The normalized spacial score (nSPS) is 13.4. The Kier molecular flexibility index (Phi) is 8.79. The van der Waals surface area contributed by atoms with Gasteiger partial charge in [0.25, 0.3) is 0 Å². The molecule has 0 atom stereocenters. The Morgan fingerprint density at radius 3 is 1.67 bits per heavy atom. The summed E-state index contributed by atoms with van der Waals surface area (Å²) in [5.74, 6) is 0. The molecule has 1 heteroatoms. The maximum Gasteiger partial charge on any atom is 0.0714 e. The van der Waals surface area contributed by atoms with Gasteiger partial charge in [0.2, 0.25) is 0 Å². The summed E-state index contributed by atoms with van der Waals surface area (Å²) in [5, 5.41) is 0. The molecule has 7 aromatic rings. The summed E-state index contributed by atoms with van der Waals surface area (Å²) < 4.78 is 0. The summed E-state index contributed by atoms with van der Waals surface area (Å²) >= 11 is 0. The minimum absolute atomic E-state index is 0.491. The summed E-state index contributed by atoms with van der Waals surface area (Å²) in [7, 11) is 0. The minimum atomic E-state index is -0.491. The highest BCUT2D eigenvalue weighted by Crippen LogP contribution is 2.57. The molecule has 1 nitrogen and oxygen atoms in total. The quantitative estimate of drug-likeness (QED) is 0.146. The summed E-state index contributed by atoms with van der Waals surface area (Å²) in [6, 6.07) is 64.6. The zero-order valence-electron chi connectivity index (χ0n) is 30.3. The van der Waals surface area contributed by atoms with Crippen LogP contribution in [-0.4, -0.2) is 0 Å². The van der Waals surface area contributed by atoms with Gasteiger partial charge in [-0.3, -0.25) is 0 Å². The Hall–Kier alpha value is -6.18. The van der Waals surface area contributed by atoms with Crippen molar-refractivity contribution in [3.8, 4) is 22.3 Å². The largest absolute Gasteiger partial charge is 0.314 e. The van der Waals surface area contributed by atoms with Gasteiger partial charge in [-0.15, -0.1) is 0 Å². The molecule has 0 N–H and O–H groups in total. The molecule has 252 valence electrons. The first-order chi connectivity index (χ1) is 25.4. The van der Waals surface area contributed by atoms with Gasteiger partial charge in [-0.25, -0.2) is 0 Å². The van der Waals surface area contributed by atoms with Crippen LogP contribution < -0.4 is 4.90 Å². The van der Waals surface area contributed by atoms with Gasteiger partial charge in [0.05, 0.1) is 11.1 Å². The number of rotatable bonds is 8. The van der Waals surface area contributed by atoms with Crippen molar-refractivity contribution in [3.05, 3.63) is 233 Å². The average molecular weight is 670 g/mol. The fourth-order valence-corrected chi connectivity index (χ4v) is 7.98. The first-order valence-corrected chi connectivity index (χ1v) is 18.2. The van der Waals surface area contributed by atoms with Crippen LogP contribution in [-0.2, 0) is 5.41 Å². The van der Waals surface area contributed by atoms with Crippen molar-refractivity contribution in [2.75, 3.05) is 4.90 Å². The summed E-state index contributed by atoms with van der Waals surface area (Å²) in [6.45, 7) is 8.75. The van der Waals surface area contributed by atoms with E-state index in [1.807, 2.05) is 0 Å². The van der Waals surface area contributed by atoms with E-state index in [1.165, 1.54) is 66.8 Å². The fraction of sp³-hybridized carbons (Fsp3) is 0.0980. The third kappa shape index (κ3) is 5.79. The van der Waals surface area contributed by atoms with E-state index < -0.39 is 5.41 Å². The van der Waals surface area contributed by atoms with E-state index in [-0.39, 0.29) is 0 Å². The van der Waals surface area contributed by atoms with Crippen molar-refractivity contribution >= 4 is 16.9 Å². The molecule has 8 rings (SSSR count). The smallest absolute Gasteiger partial charge is 0.0714 e. The highest BCUT2D eigenvalue weighted by atomic mass is 15.1. The summed E-state index contributed by atoms with van der Waals surface area (Å²) in [4.78, 5) is 2.44. The van der Waals surface area contributed by atoms with Crippen LogP contribution in [0.2, 0.25) is 0 Å². The molecule has 0 aromatic heterocycles. The second-order valence-electron chi connectivity index (χ2n) is 14.0. The van der Waals surface area contributed by atoms with Gasteiger partial charge < -0.3 is 4.90 Å². The highest BCUT2D eigenvalue weighted by Gasteiger charge is 2.46. The van der Waals surface area contributed by atoms with Gasteiger partial charge in [-0.05, 0) is 102 Å². The zero-order valence-corrected chi connectivity index (χ0v) is 30.3. The lowest BCUT2D eigenvalue weighted by molar-refractivity contribution is 0.767. The fourth-order valence-electron chi connectivity index (χ4n) is 7.98. The van der Waals surface area contributed by atoms with Gasteiger partial charge in [0.15, 0.2) is 0 Å². The van der Waals surface area contributed by atoms with E-state index in [1.54, 1.807) is 0 Å². The number of anilines is 2. The predicted octanol–water partition coefficient (Wildman–Crippen LogP) is 13.5. The van der Waals surface area contributed by atoms with Crippen LogP contribution in [0.25, 0.3) is 27.8 Å². The molecular formula is C51H43N. The SMILES string of the molecule is CC(=CC=C(C)N(c1ccc2c(c1)C(c1ccc(C)cc1)(c1ccc(C)cc1)c1ccccc1-2)c1ccccc1-c1ccccc1)c1ccccc1. The van der Waals surface area contributed by atoms with Gasteiger partial charge in [0.1, 0.15) is 0 Å². The molecule has 7 aromatic carbocycles. The van der Waals surface area contributed by atoms with Crippen molar-refractivity contribution in [1.82, 2.24) is 0 Å². The topological polar surface area (TPSA) is 3.24 Å². The van der Waals surface area contributed by atoms with E-state index in [4.69, 9.17) is 0 Å². The second kappa shape index (κ2) is 13.9. The maximum atomic E-state index is 2.46. The molecule has 1 aliphatic rings. The predicted molar refractivity (Wildman–Crippen MR) is 221 cm³/mol. The molecule has 0 saturated heterocycles. The molecule has 52 heavy (non-hydrogen) atoms. The lowest BCUT2D eigenvalue weighted by Gasteiger charge is -2.35. The molecule has 0 amide bonds. The second-order valence-corrected chi connectivity index (χ2v) is 14.0. The Balaban J connectivity index is 1.39. The van der Waals surface area contributed by atoms with Crippen LogP contribution in [0.4, 0.5) is 11.4 Å². The van der Waals surface area contributed by atoms with Crippen molar-refractivity contribution in [2.24, 2.45) is 0 Å². The van der Waals surface area contributed by atoms with E-state index in [0.29, 0.717) is 0 Å². The zero-order chi connectivity index (χ0) is 35.7. The Bertz CT molecular complexity index is 2370. The van der Waals surface area contributed by atoms with Gasteiger partial charge in [-0.2, -0.15) is 0 Å². The summed E-state index contributed by atoms with van der Waals surface area (Å²) in [6.07, 6.45) is 4.51. The molecule has 0 spiro atoms. The monoisotopic (exact) mass is 669 g/mol. The van der Waals surface area contributed by atoms with Crippen LogP contribution in [0.3, 0.4) is 0 Å². The number of hydrogen-bond acceptors (Lipinski definition) is 1. The molecule has 0 bridgehead atoms. The van der Waals surface area contributed by atoms with E-state index in [2.05, 4.69) is 221 Å². The van der Waals surface area contributed by atoms with Gasteiger partial charge in [-0.1, -0.05) is 175 Å². The Morgan fingerprint density at radius 1 is 0.481 bits per heavy atom. The third-order valence-electron chi connectivity index (χ3n) is 10.6. The third-order valence-corrected chi connectivity index (χ3v) is 10.6. The number of para-hydroxylation sites is 1. The van der Waals surface area contributed by atoms with Crippen LogP contribution in [0.15, 0.2) is 194 Å². The highest BCUT2D eigenvalue weighted by molar-refractivity contribution is 5.90. The molecule has 0 fully saturated rings. The number of allylic oxidation sites excluding steroid dienone is 4. The summed E-state index contributed by atoms with van der Waals surface area (Å²) in [5.41, 5.74) is 18.0. The van der Waals surface area contributed by atoms with Crippen LogP contribution >= 0.6 is 0 Å². The van der Waals surface area contributed by atoms with Crippen molar-refractivity contribution in [2.45, 2.75) is 33.1 Å².